The average Bonchev–Trinajstić information content (AvgIpc) is 3.04. The van der Waals surface area contributed by atoms with Crippen molar-refractivity contribution in [3.8, 4) is 0 Å². The molecule has 0 saturated carbocycles. The minimum atomic E-state index is 0.201. The SMILES string of the molecule is Cc1cnc(N)nc1N[C@@H](CN1CCCC1)c1ccccc1. The zero-order chi connectivity index (χ0) is 15.4. The summed E-state index contributed by atoms with van der Waals surface area (Å²) in [5, 5.41) is 3.56. The smallest absolute Gasteiger partial charge is 0.221 e. The second-order valence-corrected chi connectivity index (χ2v) is 5.88. The number of nitrogens with one attached hydrogen (secondary N) is 1. The Hall–Kier alpha value is -2.14. The highest BCUT2D eigenvalue weighted by Crippen LogP contribution is 2.23. The number of rotatable bonds is 5. The van der Waals surface area contributed by atoms with E-state index < -0.39 is 0 Å². The van der Waals surface area contributed by atoms with Crippen molar-refractivity contribution in [2.45, 2.75) is 25.8 Å². The topological polar surface area (TPSA) is 67.1 Å². The number of aryl methyl sites for hydroxylation is 1. The van der Waals surface area contributed by atoms with Gasteiger partial charge in [-0.05, 0) is 38.4 Å². The van der Waals surface area contributed by atoms with E-state index in [1.54, 1.807) is 6.20 Å². The number of nitrogen functional groups attached to an aromatic ring is 1. The number of hydrogen-bond donors (Lipinski definition) is 2. The first-order valence-corrected chi connectivity index (χ1v) is 7.85. The van der Waals surface area contributed by atoms with Gasteiger partial charge in [-0.1, -0.05) is 30.3 Å². The third-order valence-electron chi connectivity index (χ3n) is 4.14. The van der Waals surface area contributed by atoms with E-state index >= 15 is 0 Å². The third-order valence-corrected chi connectivity index (χ3v) is 4.14. The van der Waals surface area contributed by atoms with Crippen molar-refractivity contribution in [2.24, 2.45) is 0 Å². The van der Waals surface area contributed by atoms with Crippen molar-refractivity contribution in [3.63, 3.8) is 0 Å². The number of likely N-dealkylation sites (tertiary alicyclic amines) is 1. The van der Waals surface area contributed by atoms with Crippen LogP contribution >= 0.6 is 0 Å². The van der Waals surface area contributed by atoms with E-state index in [-0.39, 0.29) is 6.04 Å². The van der Waals surface area contributed by atoms with Crippen LogP contribution in [0.5, 0.6) is 0 Å². The summed E-state index contributed by atoms with van der Waals surface area (Å²) >= 11 is 0. The molecule has 0 bridgehead atoms. The van der Waals surface area contributed by atoms with Crippen LogP contribution in [0.3, 0.4) is 0 Å². The van der Waals surface area contributed by atoms with E-state index in [4.69, 9.17) is 5.73 Å². The standard InChI is InChI=1S/C17H23N5/c1-13-11-19-17(18)21-16(13)20-15(12-22-9-5-6-10-22)14-7-3-2-4-8-14/h2-4,7-8,11,15H,5-6,9-10,12H2,1H3,(H3,18,19,20,21)/t15-/m0/s1. The molecule has 5 nitrogen and oxygen atoms in total. The van der Waals surface area contributed by atoms with E-state index in [0.717, 1.165) is 17.9 Å². The Kier molecular flexibility index (Phi) is 4.53. The van der Waals surface area contributed by atoms with Gasteiger partial charge >= 0.3 is 0 Å². The molecule has 0 spiro atoms. The summed E-state index contributed by atoms with van der Waals surface area (Å²) in [5.74, 6) is 1.13. The number of aromatic nitrogens is 2. The summed E-state index contributed by atoms with van der Waals surface area (Å²) in [4.78, 5) is 10.9. The first-order valence-electron chi connectivity index (χ1n) is 7.85. The van der Waals surface area contributed by atoms with Crippen LogP contribution in [-0.2, 0) is 0 Å². The zero-order valence-electron chi connectivity index (χ0n) is 13.0. The highest BCUT2D eigenvalue weighted by Gasteiger charge is 2.20. The van der Waals surface area contributed by atoms with Crippen molar-refractivity contribution in [1.82, 2.24) is 14.9 Å². The molecule has 0 amide bonds. The summed E-state index contributed by atoms with van der Waals surface area (Å²) in [6, 6.07) is 10.7. The molecule has 0 radical (unpaired) electrons. The highest BCUT2D eigenvalue weighted by molar-refractivity contribution is 5.47. The van der Waals surface area contributed by atoms with Crippen LogP contribution in [0.2, 0.25) is 0 Å². The Morgan fingerprint density at radius 3 is 2.68 bits per heavy atom. The van der Waals surface area contributed by atoms with E-state index in [0.29, 0.717) is 5.95 Å². The Morgan fingerprint density at radius 2 is 1.95 bits per heavy atom. The lowest BCUT2D eigenvalue weighted by Gasteiger charge is -2.26. The first kappa shape index (κ1) is 14.8. The van der Waals surface area contributed by atoms with Crippen LogP contribution < -0.4 is 11.1 Å². The molecule has 2 heterocycles. The molecule has 0 aliphatic carbocycles. The summed E-state index contributed by atoms with van der Waals surface area (Å²) in [5.41, 5.74) is 8.01. The second-order valence-electron chi connectivity index (χ2n) is 5.88. The monoisotopic (exact) mass is 297 g/mol. The lowest BCUT2D eigenvalue weighted by molar-refractivity contribution is 0.323. The van der Waals surface area contributed by atoms with Gasteiger partial charge in [-0.25, -0.2) is 4.98 Å². The van der Waals surface area contributed by atoms with Crippen LogP contribution in [0.4, 0.5) is 11.8 Å². The van der Waals surface area contributed by atoms with Crippen molar-refractivity contribution in [2.75, 3.05) is 30.7 Å². The lowest BCUT2D eigenvalue weighted by Crippen LogP contribution is -2.30. The number of nitrogens with two attached hydrogens (primary N) is 1. The minimum Gasteiger partial charge on any atom is -0.368 e. The molecule has 22 heavy (non-hydrogen) atoms. The molecule has 1 aliphatic rings. The van der Waals surface area contributed by atoms with Crippen LogP contribution in [0.1, 0.15) is 30.0 Å². The highest BCUT2D eigenvalue weighted by atomic mass is 15.2. The Balaban J connectivity index is 1.82. The fraction of sp³-hybridized carbons (Fsp3) is 0.412. The van der Waals surface area contributed by atoms with E-state index in [1.165, 1.54) is 31.5 Å². The molecular formula is C17H23N5. The molecule has 1 fully saturated rings. The lowest BCUT2D eigenvalue weighted by atomic mass is 10.1. The molecule has 1 aromatic heterocycles. The summed E-state index contributed by atoms with van der Waals surface area (Å²) in [6.07, 6.45) is 4.35. The largest absolute Gasteiger partial charge is 0.368 e. The van der Waals surface area contributed by atoms with Gasteiger partial charge in [-0.2, -0.15) is 4.98 Å². The van der Waals surface area contributed by atoms with Crippen LogP contribution in [-0.4, -0.2) is 34.5 Å². The van der Waals surface area contributed by atoms with Gasteiger partial charge in [-0.3, -0.25) is 0 Å². The maximum Gasteiger partial charge on any atom is 0.221 e. The first-order chi connectivity index (χ1) is 10.7. The molecule has 3 rings (SSSR count). The van der Waals surface area contributed by atoms with Crippen LogP contribution in [0.15, 0.2) is 36.5 Å². The molecular weight excluding hydrogens is 274 g/mol. The van der Waals surface area contributed by atoms with Crippen LogP contribution in [0, 0.1) is 6.92 Å². The van der Waals surface area contributed by atoms with Gasteiger partial charge in [0.15, 0.2) is 0 Å². The number of benzene rings is 1. The second kappa shape index (κ2) is 6.75. The molecule has 1 aliphatic heterocycles. The molecule has 116 valence electrons. The molecule has 1 saturated heterocycles. The molecule has 2 aromatic rings. The van der Waals surface area contributed by atoms with Crippen molar-refractivity contribution in [3.05, 3.63) is 47.7 Å². The van der Waals surface area contributed by atoms with Crippen molar-refractivity contribution < 1.29 is 0 Å². The zero-order valence-corrected chi connectivity index (χ0v) is 13.0. The average molecular weight is 297 g/mol. The van der Waals surface area contributed by atoms with Gasteiger partial charge in [-0.15, -0.1) is 0 Å². The van der Waals surface area contributed by atoms with Gasteiger partial charge in [0.1, 0.15) is 5.82 Å². The Labute approximate surface area is 131 Å². The Bertz CT molecular complexity index is 608. The third kappa shape index (κ3) is 3.54. The fourth-order valence-electron chi connectivity index (χ4n) is 2.91. The quantitative estimate of drug-likeness (QED) is 0.888. The maximum atomic E-state index is 5.73. The number of hydrogen-bond acceptors (Lipinski definition) is 5. The van der Waals surface area contributed by atoms with Gasteiger partial charge in [0.2, 0.25) is 5.95 Å². The molecule has 5 heteroatoms. The van der Waals surface area contributed by atoms with E-state index in [2.05, 4.69) is 44.5 Å². The molecule has 3 N–H and O–H groups in total. The number of nitrogens with zero attached hydrogens (tertiary/aromatic N) is 3. The van der Waals surface area contributed by atoms with Gasteiger partial charge in [0.25, 0.3) is 0 Å². The molecule has 0 unspecified atom stereocenters. The minimum absolute atomic E-state index is 0.201. The number of anilines is 2. The van der Waals surface area contributed by atoms with Gasteiger partial charge in [0, 0.05) is 18.3 Å². The predicted molar refractivity (Wildman–Crippen MR) is 89.7 cm³/mol. The molecule has 1 aromatic carbocycles. The Morgan fingerprint density at radius 1 is 1.23 bits per heavy atom. The fourth-order valence-corrected chi connectivity index (χ4v) is 2.91. The molecule has 1 atom stereocenters. The van der Waals surface area contributed by atoms with Crippen LogP contribution in [0.25, 0.3) is 0 Å². The predicted octanol–water partition coefficient (Wildman–Crippen LogP) is 2.62. The normalized spacial score (nSPS) is 16.6. The van der Waals surface area contributed by atoms with Gasteiger partial charge < -0.3 is 16.0 Å². The maximum absolute atomic E-state index is 5.73. The summed E-state index contributed by atoms with van der Waals surface area (Å²) < 4.78 is 0. The van der Waals surface area contributed by atoms with Crippen molar-refractivity contribution >= 4 is 11.8 Å². The van der Waals surface area contributed by atoms with Crippen molar-refractivity contribution in [1.29, 1.82) is 0 Å². The van der Waals surface area contributed by atoms with Gasteiger partial charge in [0.05, 0.1) is 6.04 Å². The van der Waals surface area contributed by atoms with E-state index in [9.17, 15) is 0 Å². The summed E-state index contributed by atoms with van der Waals surface area (Å²) in [6.45, 7) is 5.33. The summed E-state index contributed by atoms with van der Waals surface area (Å²) in [7, 11) is 0. The van der Waals surface area contributed by atoms with E-state index in [1.807, 2.05) is 13.0 Å².